The van der Waals surface area contributed by atoms with E-state index in [1.807, 2.05) is 48.5 Å². The summed E-state index contributed by atoms with van der Waals surface area (Å²) in [4.78, 5) is 12.0. The molecular weight excluding hydrogens is 417 g/mol. The van der Waals surface area contributed by atoms with Gasteiger partial charge in [-0.2, -0.15) is 0 Å². The maximum atomic E-state index is 12.0. The van der Waals surface area contributed by atoms with Crippen LogP contribution in [-0.4, -0.2) is 5.91 Å². The zero-order valence-corrected chi connectivity index (χ0v) is 16.9. The summed E-state index contributed by atoms with van der Waals surface area (Å²) in [6.45, 7) is 0.455. The minimum Gasteiger partial charge on any atom is -0.489 e. The van der Waals surface area contributed by atoms with Crippen molar-refractivity contribution in [3.05, 3.63) is 99.0 Å². The largest absolute Gasteiger partial charge is 0.489 e. The van der Waals surface area contributed by atoms with Gasteiger partial charge in [-0.05, 0) is 59.7 Å². The molecule has 1 N–H and O–H groups in total. The van der Waals surface area contributed by atoms with Crippen LogP contribution in [0.15, 0.2) is 72.8 Å². The summed E-state index contributed by atoms with van der Waals surface area (Å²) in [5, 5.41) is 4.30. The molecule has 0 aliphatic carbocycles. The molecule has 0 fully saturated rings. The van der Waals surface area contributed by atoms with Gasteiger partial charge in [0.2, 0.25) is 5.91 Å². The molecule has 28 heavy (non-hydrogen) atoms. The van der Waals surface area contributed by atoms with Crippen molar-refractivity contribution >= 4 is 52.5 Å². The van der Waals surface area contributed by atoms with Gasteiger partial charge in [0.05, 0.1) is 10.7 Å². The van der Waals surface area contributed by atoms with Crippen molar-refractivity contribution in [2.75, 3.05) is 5.32 Å². The van der Waals surface area contributed by atoms with Crippen LogP contribution in [0, 0.1) is 0 Å². The fourth-order valence-corrected chi connectivity index (χ4v) is 2.94. The van der Waals surface area contributed by atoms with Crippen LogP contribution < -0.4 is 10.1 Å². The van der Waals surface area contributed by atoms with Crippen LogP contribution in [0.4, 0.5) is 5.69 Å². The molecule has 0 radical (unpaired) electrons. The quantitative estimate of drug-likeness (QED) is 0.431. The normalized spacial score (nSPS) is 10.8. The van der Waals surface area contributed by atoms with E-state index in [1.165, 1.54) is 6.08 Å². The van der Waals surface area contributed by atoms with Gasteiger partial charge in [-0.3, -0.25) is 4.79 Å². The molecule has 0 atom stereocenters. The number of halogens is 3. The average Bonchev–Trinajstić information content (AvgIpc) is 2.69. The Morgan fingerprint density at radius 1 is 0.893 bits per heavy atom. The lowest BCUT2D eigenvalue weighted by molar-refractivity contribution is -0.111. The first kappa shape index (κ1) is 20.3. The standard InChI is InChI=1S/C22H16Cl3NO2/c23-17-6-1-16(2-7-17)14-28-19-9-3-15(4-10-19)5-12-22(27)26-21-11-8-18(24)13-20(21)25/h1-13H,14H2,(H,26,27)/b12-5+. The van der Waals surface area contributed by atoms with E-state index in [9.17, 15) is 4.79 Å². The Labute approximate surface area is 178 Å². The first-order valence-corrected chi connectivity index (χ1v) is 9.54. The van der Waals surface area contributed by atoms with Gasteiger partial charge in [-0.1, -0.05) is 59.1 Å². The van der Waals surface area contributed by atoms with Gasteiger partial charge in [-0.15, -0.1) is 0 Å². The van der Waals surface area contributed by atoms with Crippen LogP contribution in [0.5, 0.6) is 5.75 Å². The molecule has 1 amide bonds. The summed E-state index contributed by atoms with van der Waals surface area (Å²) in [6.07, 6.45) is 3.15. The van der Waals surface area contributed by atoms with E-state index in [0.717, 1.165) is 16.9 Å². The number of anilines is 1. The maximum absolute atomic E-state index is 12.0. The predicted octanol–water partition coefficient (Wildman–Crippen LogP) is 6.88. The Morgan fingerprint density at radius 2 is 1.57 bits per heavy atom. The minimum absolute atomic E-state index is 0.285. The van der Waals surface area contributed by atoms with Gasteiger partial charge < -0.3 is 10.1 Å². The van der Waals surface area contributed by atoms with Crippen LogP contribution in [0.3, 0.4) is 0 Å². The molecule has 3 rings (SSSR count). The number of hydrogen-bond donors (Lipinski definition) is 1. The Bertz CT molecular complexity index is 984. The monoisotopic (exact) mass is 431 g/mol. The van der Waals surface area contributed by atoms with Crippen molar-refractivity contribution in [2.45, 2.75) is 6.61 Å². The highest BCUT2D eigenvalue weighted by molar-refractivity contribution is 6.36. The van der Waals surface area contributed by atoms with Gasteiger partial charge >= 0.3 is 0 Å². The molecule has 0 spiro atoms. The summed E-state index contributed by atoms with van der Waals surface area (Å²) in [5.74, 6) is 0.455. The van der Waals surface area contributed by atoms with E-state index in [4.69, 9.17) is 39.5 Å². The number of amides is 1. The summed E-state index contributed by atoms with van der Waals surface area (Å²) in [7, 11) is 0. The van der Waals surface area contributed by atoms with Crippen molar-refractivity contribution in [2.24, 2.45) is 0 Å². The molecule has 0 saturated heterocycles. The molecule has 0 unspecified atom stereocenters. The highest BCUT2D eigenvalue weighted by Crippen LogP contribution is 2.25. The van der Waals surface area contributed by atoms with Crippen molar-refractivity contribution < 1.29 is 9.53 Å². The highest BCUT2D eigenvalue weighted by Gasteiger charge is 2.04. The van der Waals surface area contributed by atoms with Crippen molar-refractivity contribution in [3.63, 3.8) is 0 Å². The van der Waals surface area contributed by atoms with Gasteiger partial charge in [0, 0.05) is 16.1 Å². The van der Waals surface area contributed by atoms with E-state index >= 15 is 0 Å². The SMILES string of the molecule is O=C(/C=C/c1ccc(OCc2ccc(Cl)cc2)cc1)Nc1ccc(Cl)cc1Cl. The van der Waals surface area contributed by atoms with Crippen molar-refractivity contribution in [3.8, 4) is 5.75 Å². The van der Waals surface area contributed by atoms with Gasteiger partial charge in [0.25, 0.3) is 0 Å². The fraction of sp³-hybridized carbons (Fsp3) is 0.0455. The number of hydrogen-bond acceptors (Lipinski definition) is 2. The lowest BCUT2D eigenvalue weighted by atomic mass is 10.2. The van der Waals surface area contributed by atoms with E-state index in [0.29, 0.717) is 27.4 Å². The molecule has 142 valence electrons. The third-order valence-electron chi connectivity index (χ3n) is 3.82. The molecule has 6 heteroatoms. The molecule has 0 heterocycles. The number of nitrogens with one attached hydrogen (secondary N) is 1. The Morgan fingerprint density at radius 3 is 2.25 bits per heavy atom. The molecule has 0 aliphatic heterocycles. The van der Waals surface area contributed by atoms with E-state index < -0.39 is 0 Å². The van der Waals surface area contributed by atoms with E-state index in [1.54, 1.807) is 24.3 Å². The summed E-state index contributed by atoms with van der Waals surface area (Å²) >= 11 is 17.8. The second-order valence-corrected chi connectivity index (χ2v) is 7.21. The summed E-state index contributed by atoms with van der Waals surface area (Å²) in [6, 6.07) is 19.8. The first-order valence-electron chi connectivity index (χ1n) is 8.41. The van der Waals surface area contributed by atoms with Crippen LogP contribution in [-0.2, 0) is 11.4 Å². The van der Waals surface area contributed by atoms with Crippen LogP contribution in [0.1, 0.15) is 11.1 Å². The topological polar surface area (TPSA) is 38.3 Å². The van der Waals surface area contributed by atoms with Gasteiger partial charge in [0.15, 0.2) is 0 Å². The lowest BCUT2D eigenvalue weighted by Gasteiger charge is -2.07. The molecule has 3 aromatic rings. The third-order valence-corrected chi connectivity index (χ3v) is 4.61. The number of rotatable bonds is 6. The molecule has 0 saturated carbocycles. The Kier molecular flexibility index (Phi) is 6.99. The summed E-state index contributed by atoms with van der Waals surface area (Å²) in [5.41, 5.74) is 2.41. The zero-order valence-electron chi connectivity index (χ0n) is 14.7. The van der Waals surface area contributed by atoms with Crippen LogP contribution in [0.2, 0.25) is 15.1 Å². The predicted molar refractivity (Wildman–Crippen MR) is 116 cm³/mol. The Hall–Kier alpha value is -2.46. The van der Waals surface area contributed by atoms with Gasteiger partial charge in [0.1, 0.15) is 12.4 Å². The summed E-state index contributed by atoms with van der Waals surface area (Å²) < 4.78 is 5.74. The number of carbonyl (C=O) groups excluding carboxylic acids is 1. The number of ether oxygens (including phenoxy) is 1. The molecular formula is C22H16Cl3NO2. The second-order valence-electron chi connectivity index (χ2n) is 5.93. The molecule has 0 aliphatic rings. The average molecular weight is 433 g/mol. The third kappa shape index (κ3) is 6.03. The molecule has 3 aromatic carbocycles. The first-order chi connectivity index (χ1) is 13.5. The number of benzene rings is 3. The van der Waals surface area contributed by atoms with Gasteiger partial charge in [-0.25, -0.2) is 0 Å². The fourth-order valence-electron chi connectivity index (χ4n) is 2.36. The van der Waals surface area contributed by atoms with Crippen LogP contribution >= 0.6 is 34.8 Å². The smallest absolute Gasteiger partial charge is 0.248 e. The van der Waals surface area contributed by atoms with E-state index in [-0.39, 0.29) is 5.91 Å². The van der Waals surface area contributed by atoms with Crippen molar-refractivity contribution in [1.82, 2.24) is 0 Å². The minimum atomic E-state index is -0.285. The van der Waals surface area contributed by atoms with E-state index in [2.05, 4.69) is 5.32 Å². The highest BCUT2D eigenvalue weighted by atomic mass is 35.5. The van der Waals surface area contributed by atoms with Crippen molar-refractivity contribution in [1.29, 1.82) is 0 Å². The zero-order chi connectivity index (χ0) is 19.9. The Balaban J connectivity index is 1.54. The maximum Gasteiger partial charge on any atom is 0.248 e. The molecule has 0 bridgehead atoms. The lowest BCUT2D eigenvalue weighted by Crippen LogP contribution is -2.08. The van der Waals surface area contributed by atoms with Crippen LogP contribution in [0.25, 0.3) is 6.08 Å². The molecule has 3 nitrogen and oxygen atoms in total. The molecule has 0 aromatic heterocycles. The second kappa shape index (κ2) is 9.65. The number of carbonyl (C=O) groups is 1.